The molecule has 0 aliphatic heterocycles. The molecule has 2 saturated carbocycles. The molecule has 2 aliphatic carbocycles. The first-order valence-corrected chi connectivity index (χ1v) is 11.1. The zero-order valence-electron chi connectivity index (χ0n) is 15.6. The SMILES string of the molecule is C[C@@H]1C[C@H](NS(=O)(=O)C2CC2)C[C@@H]1c1nc(C(F)(F)F)c2cnc3[nH]ccc3n12. The largest absolute Gasteiger partial charge is 0.435 e. The van der Waals surface area contributed by atoms with Crippen LogP contribution >= 0.6 is 0 Å². The van der Waals surface area contributed by atoms with Crippen molar-refractivity contribution in [2.45, 2.75) is 56.0 Å². The molecule has 156 valence electrons. The Morgan fingerprint density at radius 1 is 1.24 bits per heavy atom. The Kier molecular flexibility index (Phi) is 4.02. The van der Waals surface area contributed by atoms with Crippen molar-refractivity contribution in [1.82, 2.24) is 24.1 Å². The Hall–Kier alpha value is -2.14. The van der Waals surface area contributed by atoms with Crippen LogP contribution in [0.25, 0.3) is 16.7 Å². The molecule has 0 bridgehead atoms. The van der Waals surface area contributed by atoms with Gasteiger partial charge in [-0.25, -0.2) is 23.1 Å². The van der Waals surface area contributed by atoms with Gasteiger partial charge in [0.2, 0.25) is 10.0 Å². The van der Waals surface area contributed by atoms with Gasteiger partial charge >= 0.3 is 6.18 Å². The van der Waals surface area contributed by atoms with Crippen molar-refractivity contribution >= 4 is 26.7 Å². The van der Waals surface area contributed by atoms with Crippen molar-refractivity contribution in [1.29, 1.82) is 0 Å². The van der Waals surface area contributed by atoms with Crippen LogP contribution in [0.5, 0.6) is 0 Å². The highest BCUT2D eigenvalue weighted by molar-refractivity contribution is 7.90. The first-order chi connectivity index (χ1) is 13.6. The number of halogens is 3. The molecule has 7 nitrogen and oxygen atoms in total. The molecule has 2 fully saturated rings. The van der Waals surface area contributed by atoms with Gasteiger partial charge in [0.1, 0.15) is 5.82 Å². The molecule has 3 aromatic heterocycles. The molecule has 3 heterocycles. The van der Waals surface area contributed by atoms with Gasteiger partial charge in [0, 0.05) is 18.2 Å². The van der Waals surface area contributed by atoms with E-state index in [2.05, 4.69) is 19.7 Å². The number of aromatic amines is 1. The topological polar surface area (TPSA) is 92.2 Å². The van der Waals surface area contributed by atoms with Crippen molar-refractivity contribution in [3.8, 4) is 0 Å². The van der Waals surface area contributed by atoms with Crippen molar-refractivity contribution in [3.05, 3.63) is 30.0 Å². The Labute approximate surface area is 164 Å². The standard InChI is InChI=1S/C18H20F3N5O2S/c1-9-6-10(25-29(27,28)11-2-3-11)7-12(9)17-24-15(18(19,20)21)14-8-23-16-13(26(14)17)4-5-22-16/h4-5,8-12,22,25H,2-3,6-7H2,1H3/t9-,10+,12+/m1/s1. The summed E-state index contributed by atoms with van der Waals surface area (Å²) in [6.45, 7) is 1.93. The van der Waals surface area contributed by atoms with Gasteiger partial charge in [-0.3, -0.25) is 4.40 Å². The van der Waals surface area contributed by atoms with E-state index in [4.69, 9.17) is 0 Å². The summed E-state index contributed by atoms with van der Waals surface area (Å²) in [6, 6.07) is 1.37. The minimum absolute atomic E-state index is 0.0178. The summed E-state index contributed by atoms with van der Waals surface area (Å²) in [7, 11) is -3.36. The van der Waals surface area contributed by atoms with Gasteiger partial charge in [0.05, 0.1) is 22.5 Å². The molecule has 2 N–H and O–H groups in total. The van der Waals surface area contributed by atoms with E-state index in [1.165, 1.54) is 10.6 Å². The highest BCUT2D eigenvalue weighted by Crippen LogP contribution is 2.43. The lowest BCUT2D eigenvalue weighted by Crippen LogP contribution is -2.35. The van der Waals surface area contributed by atoms with Gasteiger partial charge in [-0.15, -0.1) is 0 Å². The Balaban J connectivity index is 1.58. The number of rotatable bonds is 4. The van der Waals surface area contributed by atoms with E-state index in [0.717, 1.165) is 0 Å². The number of H-pyrrole nitrogens is 1. The number of hydrogen-bond donors (Lipinski definition) is 2. The van der Waals surface area contributed by atoms with Crippen LogP contribution in [-0.4, -0.2) is 39.1 Å². The third-order valence-corrected chi connectivity index (χ3v) is 7.99. The molecule has 3 atom stereocenters. The first kappa shape index (κ1) is 18.9. The molecular formula is C18H20F3N5O2S. The molecule has 3 aromatic rings. The molecule has 0 unspecified atom stereocenters. The maximum Gasteiger partial charge on any atom is 0.435 e. The van der Waals surface area contributed by atoms with Gasteiger partial charge in [0.25, 0.3) is 0 Å². The summed E-state index contributed by atoms with van der Waals surface area (Å²) >= 11 is 0. The molecule has 0 radical (unpaired) electrons. The maximum absolute atomic E-state index is 13.6. The van der Waals surface area contributed by atoms with Crippen LogP contribution in [0, 0.1) is 5.92 Å². The summed E-state index contributed by atoms with van der Waals surface area (Å²) in [4.78, 5) is 11.0. The molecule has 0 aromatic carbocycles. The molecule has 0 amide bonds. The van der Waals surface area contributed by atoms with Gasteiger partial charge < -0.3 is 4.98 Å². The summed E-state index contributed by atoms with van der Waals surface area (Å²) in [6.07, 6.45) is 0.512. The van der Waals surface area contributed by atoms with Crippen molar-refractivity contribution in [2.75, 3.05) is 0 Å². The summed E-state index contributed by atoms with van der Waals surface area (Å²) in [5, 5.41) is -0.327. The zero-order valence-corrected chi connectivity index (χ0v) is 16.4. The number of alkyl halides is 3. The molecule has 5 rings (SSSR count). The highest BCUT2D eigenvalue weighted by atomic mass is 32.2. The minimum atomic E-state index is -4.61. The third kappa shape index (κ3) is 3.10. The van der Waals surface area contributed by atoms with Gasteiger partial charge in [-0.2, -0.15) is 13.2 Å². The Morgan fingerprint density at radius 2 is 2.00 bits per heavy atom. The van der Waals surface area contributed by atoms with Crippen LogP contribution < -0.4 is 4.72 Å². The summed E-state index contributed by atoms with van der Waals surface area (Å²) in [5.41, 5.74) is -0.0534. The number of sulfonamides is 1. The predicted molar refractivity (Wildman–Crippen MR) is 99.9 cm³/mol. The van der Waals surface area contributed by atoms with Crippen molar-refractivity contribution in [2.24, 2.45) is 5.92 Å². The number of nitrogens with zero attached hydrogens (tertiary/aromatic N) is 3. The maximum atomic E-state index is 13.6. The predicted octanol–water partition coefficient (Wildman–Crippen LogP) is 3.19. The fraction of sp³-hybridized carbons (Fsp3) is 0.556. The highest BCUT2D eigenvalue weighted by Gasteiger charge is 2.43. The number of nitrogens with one attached hydrogen (secondary N) is 2. The second-order valence-corrected chi connectivity index (χ2v) is 10.1. The van der Waals surface area contributed by atoms with E-state index in [1.807, 2.05) is 6.92 Å². The number of fused-ring (bicyclic) bond motifs is 3. The van der Waals surface area contributed by atoms with Crippen LogP contribution in [0.3, 0.4) is 0 Å². The van der Waals surface area contributed by atoms with Crippen LogP contribution in [0.1, 0.15) is 50.0 Å². The number of hydrogen-bond acceptors (Lipinski definition) is 4. The van der Waals surface area contributed by atoms with E-state index in [-0.39, 0.29) is 28.6 Å². The third-order valence-electron chi connectivity index (χ3n) is 5.98. The average molecular weight is 427 g/mol. The molecule has 0 spiro atoms. The van der Waals surface area contributed by atoms with Crippen LogP contribution in [-0.2, 0) is 16.2 Å². The fourth-order valence-electron chi connectivity index (χ4n) is 4.45. The number of aromatic nitrogens is 4. The van der Waals surface area contributed by atoms with Crippen LogP contribution in [0.15, 0.2) is 18.5 Å². The van der Waals surface area contributed by atoms with Crippen molar-refractivity contribution in [3.63, 3.8) is 0 Å². The minimum Gasteiger partial charge on any atom is -0.345 e. The van der Waals surface area contributed by atoms with Crippen molar-refractivity contribution < 1.29 is 21.6 Å². The lowest BCUT2D eigenvalue weighted by atomic mass is 9.97. The second kappa shape index (κ2) is 6.18. The van der Waals surface area contributed by atoms with E-state index in [0.29, 0.717) is 42.7 Å². The lowest BCUT2D eigenvalue weighted by molar-refractivity contribution is -0.139. The van der Waals surface area contributed by atoms with Crippen LogP contribution in [0.4, 0.5) is 13.2 Å². The summed E-state index contributed by atoms with van der Waals surface area (Å²) in [5.74, 6) is -0.0123. The van der Waals surface area contributed by atoms with Gasteiger partial charge in [-0.1, -0.05) is 6.92 Å². The molecule has 0 saturated heterocycles. The average Bonchev–Trinajstić information content (AvgIpc) is 3.11. The molecule has 2 aliphatic rings. The zero-order chi connectivity index (χ0) is 20.6. The van der Waals surface area contributed by atoms with E-state index in [9.17, 15) is 21.6 Å². The smallest absolute Gasteiger partial charge is 0.345 e. The molecular weight excluding hydrogens is 407 g/mol. The monoisotopic (exact) mass is 427 g/mol. The molecule has 11 heteroatoms. The normalized spacial score (nSPS) is 26.0. The van der Waals surface area contributed by atoms with E-state index < -0.39 is 21.9 Å². The van der Waals surface area contributed by atoms with Crippen LogP contribution in [0.2, 0.25) is 0 Å². The van der Waals surface area contributed by atoms with Gasteiger partial charge in [-0.05, 0) is 37.7 Å². The quantitative estimate of drug-likeness (QED) is 0.669. The Bertz CT molecular complexity index is 1200. The lowest BCUT2D eigenvalue weighted by Gasteiger charge is -2.14. The second-order valence-electron chi connectivity index (χ2n) is 8.12. The fourth-order valence-corrected chi connectivity index (χ4v) is 6.06. The first-order valence-electron chi connectivity index (χ1n) is 9.58. The number of imidazole rings is 1. The summed E-state index contributed by atoms with van der Waals surface area (Å²) < 4.78 is 69.8. The van der Waals surface area contributed by atoms with Gasteiger partial charge in [0.15, 0.2) is 11.3 Å². The Morgan fingerprint density at radius 3 is 2.69 bits per heavy atom. The van der Waals surface area contributed by atoms with E-state index in [1.54, 1.807) is 12.3 Å². The van der Waals surface area contributed by atoms with E-state index >= 15 is 0 Å². The molecule has 29 heavy (non-hydrogen) atoms.